The summed E-state index contributed by atoms with van der Waals surface area (Å²) in [5.74, 6) is 0.873. The van der Waals surface area contributed by atoms with Crippen LogP contribution in [-0.2, 0) is 17.6 Å². The normalized spacial score (nSPS) is 24.8. The fourth-order valence-electron chi connectivity index (χ4n) is 3.89. The number of rotatable bonds is 3. The first-order valence-electron chi connectivity index (χ1n) is 8.56. The van der Waals surface area contributed by atoms with Gasteiger partial charge in [0.15, 0.2) is 0 Å². The van der Waals surface area contributed by atoms with E-state index in [2.05, 4.69) is 44.0 Å². The van der Waals surface area contributed by atoms with Gasteiger partial charge in [-0.2, -0.15) is 0 Å². The van der Waals surface area contributed by atoms with Crippen molar-refractivity contribution in [1.29, 1.82) is 0 Å². The number of carbonyl (C=O) groups excluding carboxylic acids is 1. The van der Waals surface area contributed by atoms with E-state index in [0.717, 1.165) is 32.2 Å². The highest BCUT2D eigenvalue weighted by atomic mass is 16.2. The van der Waals surface area contributed by atoms with Gasteiger partial charge in [0.25, 0.3) is 0 Å². The fourth-order valence-corrected chi connectivity index (χ4v) is 3.89. The lowest BCUT2D eigenvalue weighted by Crippen LogP contribution is -2.47. The molecule has 3 rings (SSSR count). The molecular formula is C19H28N2O. The molecule has 0 bridgehead atoms. The van der Waals surface area contributed by atoms with Crippen LogP contribution in [0.2, 0.25) is 0 Å². The van der Waals surface area contributed by atoms with E-state index < -0.39 is 0 Å². The monoisotopic (exact) mass is 300 g/mol. The summed E-state index contributed by atoms with van der Waals surface area (Å²) >= 11 is 0. The Balaban J connectivity index is 1.71. The van der Waals surface area contributed by atoms with Crippen molar-refractivity contribution in [2.45, 2.75) is 57.5 Å². The third-order valence-electron chi connectivity index (χ3n) is 5.51. The van der Waals surface area contributed by atoms with Crippen molar-refractivity contribution in [3.05, 3.63) is 34.9 Å². The molecule has 0 aromatic heterocycles. The molecule has 1 aromatic carbocycles. The lowest BCUT2D eigenvalue weighted by molar-refractivity contribution is -0.136. The van der Waals surface area contributed by atoms with Gasteiger partial charge >= 0.3 is 0 Å². The number of carbonyl (C=O) groups is 1. The second kappa shape index (κ2) is 6.04. The van der Waals surface area contributed by atoms with Gasteiger partial charge in [0, 0.05) is 13.1 Å². The molecule has 1 aromatic rings. The molecule has 1 aliphatic carbocycles. The number of nitrogens with zero attached hydrogens (tertiary/aromatic N) is 2. The van der Waals surface area contributed by atoms with E-state index in [1.165, 1.54) is 16.7 Å². The van der Waals surface area contributed by atoms with Crippen LogP contribution in [0.4, 0.5) is 0 Å². The molecule has 1 unspecified atom stereocenters. The minimum absolute atomic E-state index is 0.0972. The van der Waals surface area contributed by atoms with Crippen LogP contribution < -0.4 is 0 Å². The zero-order valence-corrected chi connectivity index (χ0v) is 14.3. The number of likely N-dealkylation sites (N-methyl/N-ethyl adjacent to an activating group) is 2. The molecule has 2 atom stereocenters. The number of amides is 1. The average molecular weight is 300 g/mol. The molecule has 1 saturated heterocycles. The maximum atomic E-state index is 12.8. The van der Waals surface area contributed by atoms with Crippen LogP contribution in [-0.4, -0.2) is 48.4 Å². The summed E-state index contributed by atoms with van der Waals surface area (Å²) in [7, 11) is 4.07. The van der Waals surface area contributed by atoms with Crippen molar-refractivity contribution in [2.75, 3.05) is 20.6 Å². The van der Waals surface area contributed by atoms with Crippen LogP contribution in [0, 0.1) is 0 Å². The molecule has 120 valence electrons. The molecule has 3 nitrogen and oxygen atoms in total. The molecule has 3 heteroatoms. The van der Waals surface area contributed by atoms with Crippen molar-refractivity contribution < 1.29 is 4.79 Å². The Morgan fingerprint density at radius 1 is 1.27 bits per heavy atom. The number of hydrogen-bond donors (Lipinski definition) is 0. The molecular weight excluding hydrogens is 272 g/mol. The second-order valence-corrected chi connectivity index (χ2v) is 7.33. The molecule has 2 aliphatic rings. The Bertz CT molecular complexity index is 567. The summed E-state index contributed by atoms with van der Waals surface area (Å²) < 4.78 is 0. The van der Waals surface area contributed by atoms with Crippen molar-refractivity contribution >= 4 is 5.91 Å². The zero-order valence-electron chi connectivity index (χ0n) is 14.3. The first kappa shape index (κ1) is 15.5. The van der Waals surface area contributed by atoms with Crippen LogP contribution in [0.15, 0.2) is 18.2 Å². The van der Waals surface area contributed by atoms with Gasteiger partial charge < -0.3 is 4.90 Å². The first-order chi connectivity index (χ1) is 10.5. The van der Waals surface area contributed by atoms with Crippen LogP contribution >= 0.6 is 0 Å². The predicted molar refractivity (Wildman–Crippen MR) is 90.1 cm³/mol. The molecule has 1 heterocycles. The van der Waals surface area contributed by atoms with Gasteiger partial charge in [-0.1, -0.05) is 32.0 Å². The number of likely N-dealkylation sites (tertiary alicyclic amines) is 1. The Morgan fingerprint density at radius 3 is 2.64 bits per heavy atom. The molecule has 1 fully saturated rings. The van der Waals surface area contributed by atoms with Crippen LogP contribution in [0.25, 0.3) is 0 Å². The predicted octanol–water partition coefficient (Wildman–Crippen LogP) is 2.83. The second-order valence-electron chi connectivity index (χ2n) is 7.33. The summed E-state index contributed by atoms with van der Waals surface area (Å²) in [5.41, 5.74) is 4.27. The van der Waals surface area contributed by atoms with Gasteiger partial charge in [0.1, 0.15) is 0 Å². The molecule has 0 spiro atoms. The molecule has 1 aliphatic heterocycles. The summed E-state index contributed by atoms with van der Waals surface area (Å²) in [4.78, 5) is 17.0. The van der Waals surface area contributed by atoms with Gasteiger partial charge in [-0.05, 0) is 61.9 Å². The van der Waals surface area contributed by atoms with Gasteiger partial charge in [-0.25, -0.2) is 0 Å². The lowest BCUT2D eigenvalue weighted by Gasteiger charge is -2.29. The maximum absolute atomic E-state index is 12.8. The quantitative estimate of drug-likeness (QED) is 0.857. The summed E-state index contributed by atoms with van der Waals surface area (Å²) in [6, 6.07) is 7.29. The van der Waals surface area contributed by atoms with Gasteiger partial charge in [-0.15, -0.1) is 0 Å². The van der Waals surface area contributed by atoms with E-state index in [-0.39, 0.29) is 6.04 Å². The molecule has 0 radical (unpaired) electrons. The van der Waals surface area contributed by atoms with E-state index in [0.29, 0.717) is 17.9 Å². The van der Waals surface area contributed by atoms with E-state index in [9.17, 15) is 4.79 Å². The summed E-state index contributed by atoms with van der Waals surface area (Å²) in [6.07, 6.45) is 4.17. The van der Waals surface area contributed by atoms with Crippen molar-refractivity contribution in [2.24, 2.45) is 0 Å². The molecule has 1 amide bonds. The third-order valence-corrected chi connectivity index (χ3v) is 5.51. The summed E-state index contributed by atoms with van der Waals surface area (Å²) in [5, 5.41) is 0. The highest BCUT2D eigenvalue weighted by molar-refractivity contribution is 5.82. The van der Waals surface area contributed by atoms with E-state index in [1.54, 1.807) is 0 Å². The lowest BCUT2D eigenvalue weighted by atomic mass is 9.99. The van der Waals surface area contributed by atoms with Crippen LogP contribution in [0.3, 0.4) is 0 Å². The number of hydrogen-bond acceptors (Lipinski definition) is 2. The Kier molecular flexibility index (Phi) is 4.26. The van der Waals surface area contributed by atoms with E-state index >= 15 is 0 Å². The molecule has 0 saturated carbocycles. The zero-order chi connectivity index (χ0) is 15.9. The molecule has 22 heavy (non-hydrogen) atoms. The van der Waals surface area contributed by atoms with Gasteiger partial charge in [0.2, 0.25) is 5.91 Å². The third kappa shape index (κ3) is 2.79. The Labute approximate surface area is 134 Å². The first-order valence-corrected chi connectivity index (χ1v) is 8.56. The van der Waals surface area contributed by atoms with Gasteiger partial charge in [0.05, 0.1) is 6.04 Å². The number of fused-ring (bicyclic) bond motifs is 1. The highest BCUT2D eigenvalue weighted by Crippen LogP contribution is 2.29. The minimum atomic E-state index is 0.0972. The largest absolute Gasteiger partial charge is 0.341 e. The Morgan fingerprint density at radius 2 is 2.00 bits per heavy atom. The minimum Gasteiger partial charge on any atom is -0.341 e. The molecule has 0 N–H and O–H groups in total. The van der Waals surface area contributed by atoms with Crippen molar-refractivity contribution in [3.63, 3.8) is 0 Å². The highest BCUT2D eigenvalue weighted by Gasteiger charge is 2.34. The van der Waals surface area contributed by atoms with Crippen LogP contribution in [0.1, 0.15) is 49.3 Å². The van der Waals surface area contributed by atoms with Crippen molar-refractivity contribution in [1.82, 2.24) is 9.80 Å². The van der Waals surface area contributed by atoms with Crippen LogP contribution in [0.5, 0.6) is 0 Å². The fraction of sp³-hybridized carbons (Fsp3) is 0.632. The van der Waals surface area contributed by atoms with Gasteiger partial charge in [-0.3, -0.25) is 9.69 Å². The average Bonchev–Trinajstić information content (AvgIpc) is 3.10. The Hall–Kier alpha value is -1.35. The van der Waals surface area contributed by atoms with E-state index in [1.807, 2.05) is 11.9 Å². The maximum Gasteiger partial charge on any atom is 0.239 e. The summed E-state index contributed by atoms with van der Waals surface area (Å²) in [6.45, 7) is 5.52. The SMILES string of the molecule is CC(C)c1ccc2c(c1)CC(N(C)C(=O)[C@@H]1CCCN1C)C2. The standard InChI is InChI=1S/C19H28N2O/c1-13(2)14-7-8-15-11-17(12-16(15)10-14)21(4)19(22)18-6-5-9-20(18)3/h7-8,10,13,17-18H,5-6,9,11-12H2,1-4H3/t17?,18-/m0/s1. The number of benzene rings is 1. The smallest absolute Gasteiger partial charge is 0.239 e. The topological polar surface area (TPSA) is 23.6 Å². The van der Waals surface area contributed by atoms with Crippen molar-refractivity contribution in [3.8, 4) is 0 Å². The van der Waals surface area contributed by atoms with E-state index in [4.69, 9.17) is 0 Å².